The van der Waals surface area contributed by atoms with Crippen LogP contribution >= 0.6 is 12.4 Å². The number of methoxy groups -OCH3 is 2. The van der Waals surface area contributed by atoms with Crippen LogP contribution in [0, 0.1) is 16.0 Å². The summed E-state index contributed by atoms with van der Waals surface area (Å²) >= 11 is 0. The molecule has 1 aromatic carbocycles. The van der Waals surface area contributed by atoms with Crippen molar-refractivity contribution in [1.82, 2.24) is 0 Å². The van der Waals surface area contributed by atoms with Crippen molar-refractivity contribution >= 4 is 18.1 Å². The molecule has 0 aliphatic heterocycles. The lowest BCUT2D eigenvalue weighted by atomic mass is 9.99. The zero-order chi connectivity index (χ0) is 14.0. The molecule has 0 saturated heterocycles. The van der Waals surface area contributed by atoms with Gasteiger partial charge >= 0.3 is 0 Å². The van der Waals surface area contributed by atoms with Crippen molar-refractivity contribution in [3.8, 4) is 11.5 Å². The van der Waals surface area contributed by atoms with Crippen LogP contribution in [-0.2, 0) is 0 Å². The van der Waals surface area contributed by atoms with E-state index in [1.165, 1.54) is 20.3 Å². The molecule has 0 amide bonds. The molecule has 112 valence electrons. The van der Waals surface area contributed by atoms with Crippen LogP contribution in [0.2, 0.25) is 0 Å². The summed E-state index contributed by atoms with van der Waals surface area (Å²) in [5, 5.41) is 11.1. The monoisotopic (exact) mass is 302 g/mol. The van der Waals surface area contributed by atoms with Crippen molar-refractivity contribution in [2.75, 3.05) is 14.2 Å². The molecule has 2 rings (SSSR count). The molecular formula is C13H19ClN2O4. The van der Waals surface area contributed by atoms with Crippen molar-refractivity contribution in [1.29, 1.82) is 0 Å². The molecule has 20 heavy (non-hydrogen) atoms. The summed E-state index contributed by atoms with van der Waals surface area (Å²) in [7, 11) is 2.95. The van der Waals surface area contributed by atoms with Crippen LogP contribution in [0.3, 0.4) is 0 Å². The fourth-order valence-electron chi connectivity index (χ4n) is 2.18. The number of halogens is 1. The predicted octanol–water partition coefficient (Wildman–Crippen LogP) is 2.83. The number of ether oxygens (including phenoxy) is 2. The fourth-order valence-corrected chi connectivity index (χ4v) is 2.18. The van der Waals surface area contributed by atoms with Gasteiger partial charge in [0.15, 0.2) is 11.5 Å². The van der Waals surface area contributed by atoms with Gasteiger partial charge in [0.2, 0.25) is 0 Å². The minimum atomic E-state index is -0.427. The van der Waals surface area contributed by atoms with Gasteiger partial charge in [-0.1, -0.05) is 12.8 Å². The van der Waals surface area contributed by atoms with Crippen LogP contribution < -0.4 is 15.2 Å². The van der Waals surface area contributed by atoms with E-state index in [0.717, 1.165) is 19.3 Å². The highest BCUT2D eigenvalue weighted by atomic mass is 35.5. The second-order valence-corrected chi connectivity index (χ2v) is 4.81. The van der Waals surface area contributed by atoms with Crippen LogP contribution in [0.1, 0.15) is 30.9 Å². The van der Waals surface area contributed by atoms with Crippen LogP contribution in [-0.4, -0.2) is 19.1 Å². The topological polar surface area (TPSA) is 87.6 Å². The number of nitro groups is 1. The Morgan fingerprint density at radius 2 is 1.90 bits per heavy atom. The Labute approximate surface area is 123 Å². The Morgan fingerprint density at radius 3 is 2.35 bits per heavy atom. The van der Waals surface area contributed by atoms with Gasteiger partial charge in [-0.15, -0.1) is 12.4 Å². The first-order valence-corrected chi connectivity index (χ1v) is 6.22. The minimum Gasteiger partial charge on any atom is -0.493 e. The van der Waals surface area contributed by atoms with Gasteiger partial charge in [0, 0.05) is 6.04 Å². The summed E-state index contributed by atoms with van der Waals surface area (Å²) in [6.45, 7) is 0. The first-order chi connectivity index (χ1) is 9.06. The number of nitrogens with two attached hydrogens (primary N) is 1. The molecule has 0 aromatic heterocycles. The average Bonchev–Trinajstić information content (AvgIpc) is 3.20. The third-order valence-corrected chi connectivity index (χ3v) is 3.41. The van der Waals surface area contributed by atoms with E-state index in [-0.39, 0.29) is 24.1 Å². The number of nitro benzene ring substituents is 1. The summed E-state index contributed by atoms with van der Waals surface area (Å²) in [4.78, 5) is 10.7. The molecule has 1 fully saturated rings. The molecule has 2 N–H and O–H groups in total. The maximum atomic E-state index is 11.1. The lowest BCUT2D eigenvalue weighted by Gasteiger charge is -2.15. The SMILES string of the molecule is COc1cc([C@@H](N)CC2CC2)c([N+](=O)[O-])cc1OC.Cl. The molecule has 1 aliphatic rings. The number of benzene rings is 1. The molecule has 1 aliphatic carbocycles. The lowest BCUT2D eigenvalue weighted by Crippen LogP contribution is -2.13. The normalized spacial score (nSPS) is 15.2. The molecule has 0 spiro atoms. The van der Waals surface area contributed by atoms with Crippen molar-refractivity contribution in [2.24, 2.45) is 11.7 Å². The van der Waals surface area contributed by atoms with Gasteiger partial charge in [0.25, 0.3) is 5.69 Å². The Bertz CT molecular complexity index is 492. The van der Waals surface area contributed by atoms with E-state index in [9.17, 15) is 10.1 Å². The van der Waals surface area contributed by atoms with Gasteiger partial charge < -0.3 is 15.2 Å². The van der Waals surface area contributed by atoms with Crippen LogP contribution in [0.4, 0.5) is 5.69 Å². The van der Waals surface area contributed by atoms with Gasteiger partial charge in [-0.25, -0.2) is 0 Å². The van der Waals surface area contributed by atoms with Gasteiger partial charge in [0.1, 0.15) is 0 Å². The summed E-state index contributed by atoms with van der Waals surface area (Å²) < 4.78 is 10.3. The molecule has 0 unspecified atom stereocenters. The summed E-state index contributed by atoms with van der Waals surface area (Å²) in [5.41, 5.74) is 6.59. The number of nitrogens with zero attached hydrogens (tertiary/aromatic N) is 1. The molecular weight excluding hydrogens is 284 g/mol. The summed E-state index contributed by atoms with van der Waals surface area (Å²) in [5.74, 6) is 1.41. The molecule has 7 heteroatoms. The summed E-state index contributed by atoms with van der Waals surface area (Å²) in [6, 6.07) is 2.65. The first-order valence-electron chi connectivity index (χ1n) is 6.22. The smallest absolute Gasteiger partial charge is 0.278 e. The van der Waals surface area contributed by atoms with E-state index in [1.54, 1.807) is 6.07 Å². The Morgan fingerprint density at radius 1 is 1.35 bits per heavy atom. The van der Waals surface area contributed by atoms with E-state index >= 15 is 0 Å². The second-order valence-electron chi connectivity index (χ2n) is 4.81. The second kappa shape index (κ2) is 6.76. The standard InChI is InChI=1S/C13H18N2O4.ClH/c1-18-12-6-9(10(14)5-8-3-4-8)11(15(16)17)7-13(12)19-2;/h6-8,10H,3-5,14H2,1-2H3;1H/t10-;/m0./s1. The minimum absolute atomic E-state index is 0. The van der Waals surface area contributed by atoms with E-state index < -0.39 is 4.92 Å². The van der Waals surface area contributed by atoms with Crippen molar-refractivity contribution in [3.63, 3.8) is 0 Å². The Kier molecular flexibility index (Phi) is 5.59. The summed E-state index contributed by atoms with van der Waals surface area (Å²) in [6.07, 6.45) is 3.10. The van der Waals surface area contributed by atoms with Crippen molar-refractivity contribution in [3.05, 3.63) is 27.8 Å². The van der Waals surface area contributed by atoms with Crippen molar-refractivity contribution in [2.45, 2.75) is 25.3 Å². The van der Waals surface area contributed by atoms with Crippen LogP contribution in [0.15, 0.2) is 12.1 Å². The molecule has 0 bridgehead atoms. The number of hydrogen-bond acceptors (Lipinski definition) is 5. The van der Waals surface area contributed by atoms with Gasteiger partial charge in [0.05, 0.1) is 30.8 Å². The third kappa shape index (κ3) is 3.52. The van der Waals surface area contributed by atoms with E-state index in [0.29, 0.717) is 23.0 Å². The molecule has 0 heterocycles. The maximum absolute atomic E-state index is 11.1. The Balaban J connectivity index is 0.00000200. The quantitative estimate of drug-likeness (QED) is 0.645. The van der Waals surface area contributed by atoms with E-state index in [4.69, 9.17) is 15.2 Å². The number of rotatable bonds is 6. The number of hydrogen-bond donors (Lipinski definition) is 1. The van der Waals surface area contributed by atoms with E-state index in [1.807, 2.05) is 0 Å². The van der Waals surface area contributed by atoms with Gasteiger partial charge in [-0.2, -0.15) is 0 Å². The molecule has 6 nitrogen and oxygen atoms in total. The highest BCUT2D eigenvalue weighted by Crippen LogP contribution is 2.41. The molecule has 1 aromatic rings. The Hall–Kier alpha value is -1.53. The molecule has 1 atom stereocenters. The molecule has 1 saturated carbocycles. The zero-order valence-corrected chi connectivity index (χ0v) is 12.3. The van der Waals surface area contributed by atoms with Crippen LogP contribution in [0.5, 0.6) is 11.5 Å². The van der Waals surface area contributed by atoms with E-state index in [2.05, 4.69) is 0 Å². The largest absolute Gasteiger partial charge is 0.493 e. The predicted molar refractivity (Wildman–Crippen MR) is 77.7 cm³/mol. The third-order valence-electron chi connectivity index (χ3n) is 3.41. The highest BCUT2D eigenvalue weighted by molar-refractivity contribution is 5.85. The lowest BCUT2D eigenvalue weighted by molar-refractivity contribution is -0.385. The maximum Gasteiger partial charge on any atom is 0.278 e. The first kappa shape index (κ1) is 16.5. The van der Waals surface area contributed by atoms with Crippen molar-refractivity contribution < 1.29 is 14.4 Å². The average molecular weight is 303 g/mol. The highest BCUT2D eigenvalue weighted by Gasteiger charge is 2.29. The van der Waals surface area contributed by atoms with Gasteiger partial charge in [-0.05, 0) is 18.4 Å². The van der Waals surface area contributed by atoms with Crippen LogP contribution in [0.25, 0.3) is 0 Å². The zero-order valence-electron chi connectivity index (χ0n) is 11.5. The van der Waals surface area contributed by atoms with Gasteiger partial charge in [-0.3, -0.25) is 10.1 Å². The fraction of sp³-hybridized carbons (Fsp3) is 0.538. The molecule has 0 radical (unpaired) electrons.